The summed E-state index contributed by atoms with van der Waals surface area (Å²) in [5.41, 5.74) is 0.0834. The quantitative estimate of drug-likeness (QED) is 0.759. The summed E-state index contributed by atoms with van der Waals surface area (Å²) >= 11 is 0. The van der Waals surface area contributed by atoms with Crippen molar-refractivity contribution in [2.75, 3.05) is 13.1 Å². The van der Waals surface area contributed by atoms with Gasteiger partial charge in [0.25, 0.3) is 5.91 Å². The Morgan fingerprint density at radius 3 is 2.46 bits per heavy atom. The summed E-state index contributed by atoms with van der Waals surface area (Å²) in [4.78, 5) is 19.6. The summed E-state index contributed by atoms with van der Waals surface area (Å²) < 4.78 is 40.7. The molecule has 0 radical (unpaired) electrons. The van der Waals surface area contributed by atoms with E-state index in [1.807, 2.05) is 0 Å². The van der Waals surface area contributed by atoms with Crippen LogP contribution in [0.3, 0.4) is 0 Å². The van der Waals surface area contributed by atoms with Gasteiger partial charge < -0.3 is 9.74 Å². The summed E-state index contributed by atoms with van der Waals surface area (Å²) in [6, 6.07) is 2.68. The number of carbonyl (C=O) groups excluding carboxylic acids is 1. The van der Waals surface area contributed by atoms with E-state index < -0.39 is 11.7 Å². The van der Waals surface area contributed by atoms with Crippen LogP contribution in [0.5, 0.6) is 0 Å². The minimum Gasteiger partial charge on any atom is -0.332 e. The van der Waals surface area contributed by atoms with E-state index in [1.165, 1.54) is 11.0 Å². The fraction of sp³-hybridized carbons (Fsp3) is 0.579. The molecule has 7 heteroatoms. The third kappa shape index (κ3) is 3.56. The Labute approximate surface area is 151 Å². The SMILES string of the molecule is [C-]#[N+]C1CCN(Cc2cc3c(c(C(F)(F)F)c2)CN(C(C)C)C3=O)CC1. The first-order valence-electron chi connectivity index (χ1n) is 8.83. The Morgan fingerprint density at radius 2 is 1.92 bits per heavy atom. The number of carbonyl (C=O) groups is 1. The molecule has 0 bridgehead atoms. The maximum atomic E-state index is 13.6. The maximum absolute atomic E-state index is 13.6. The Kier molecular flexibility index (Phi) is 4.98. The molecule has 140 valence electrons. The van der Waals surface area contributed by atoms with E-state index in [1.54, 1.807) is 19.9 Å². The molecule has 4 nitrogen and oxygen atoms in total. The molecule has 2 heterocycles. The highest BCUT2D eigenvalue weighted by atomic mass is 19.4. The van der Waals surface area contributed by atoms with Gasteiger partial charge in [0.2, 0.25) is 6.04 Å². The number of hydrogen-bond donors (Lipinski definition) is 0. The first-order chi connectivity index (χ1) is 12.2. The van der Waals surface area contributed by atoms with Gasteiger partial charge in [0.1, 0.15) is 0 Å². The van der Waals surface area contributed by atoms with Crippen molar-refractivity contribution in [2.45, 2.75) is 58.0 Å². The third-order valence-corrected chi connectivity index (χ3v) is 5.20. The number of alkyl halides is 3. The van der Waals surface area contributed by atoms with Crippen LogP contribution in [0.2, 0.25) is 0 Å². The molecule has 0 spiro atoms. The molecule has 0 N–H and O–H groups in total. The predicted octanol–water partition coefficient (Wildman–Crippen LogP) is 3.95. The van der Waals surface area contributed by atoms with Crippen molar-refractivity contribution in [1.82, 2.24) is 9.80 Å². The smallest absolute Gasteiger partial charge is 0.332 e. The normalized spacial score (nSPS) is 19.1. The number of benzene rings is 1. The van der Waals surface area contributed by atoms with Crippen molar-refractivity contribution in [2.24, 2.45) is 0 Å². The number of nitrogens with zero attached hydrogens (tertiary/aromatic N) is 3. The van der Waals surface area contributed by atoms with Crippen LogP contribution in [0, 0.1) is 6.57 Å². The Balaban J connectivity index is 1.90. The van der Waals surface area contributed by atoms with Crippen LogP contribution >= 0.6 is 0 Å². The summed E-state index contributed by atoms with van der Waals surface area (Å²) in [5, 5.41) is 0. The molecule has 0 aromatic heterocycles. The maximum Gasteiger partial charge on any atom is 0.416 e. The van der Waals surface area contributed by atoms with Crippen molar-refractivity contribution in [3.05, 3.63) is 45.8 Å². The molecule has 1 fully saturated rings. The molecule has 3 rings (SSSR count). The van der Waals surface area contributed by atoms with Crippen molar-refractivity contribution in [3.8, 4) is 0 Å². The highest BCUT2D eigenvalue weighted by molar-refractivity contribution is 5.99. The summed E-state index contributed by atoms with van der Waals surface area (Å²) in [6.45, 7) is 12.5. The van der Waals surface area contributed by atoms with Crippen molar-refractivity contribution in [3.63, 3.8) is 0 Å². The predicted molar refractivity (Wildman–Crippen MR) is 91.4 cm³/mol. The number of amides is 1. The van der Waals surface area contributed by atoms with Crippen molar-refractivity contribution in [1.29, 1.82) is 0 Å². The summed E-state index contributed by atoms with van der Waals surface area (Å²) in [7, 11) is 0. The number of hydrogen-bond acceptors (Lipinski definition) is 2. The average molecular weight is 365 g/mol. The van der Waals surface area contributed by atoms with E-state index in [2.05, 4.69) is 9.74 Å². The van der Waals surface area contributed by atoms with E-state index in [0.717, 1.165) is 12.8 Å². The number of halogens is 3. The lowest BCUT2D eigenvalue weighted by atomic mass is 9.98. The third-order valence-electron chi connectivity index (χ3n) is 5.20. The Morgan fingerprint density at radius 1 is 1.27 bits per heavy atom. The van der Waals surface area contributed by atoms with Crippen molar-refractivity contribution < 1.29 is 18.0 Å². The molecular weight excluding hydrogens is 343 g/mol. The topological polar surface area (TPSA) is 27.9 Å². The zero-order valence-electron chi connectivity index (χ0n) is 14.9. The van der Waals surface area contributed by atoms with Gasteiger partial charge in [-0.1, -0.05) is 0 Å². The monoisotopic (exact) mass is 365 g/mol. The van der Waals surface area contributed by atoms with Crippen LogP contribution in [0.25, 0.3) is 4.85 Å². The standard InChI is InChI=1S/C19H22F3N3O/c1-12(2)25-11-16-15(18(25)26)8-13(9-17(16)19(20,21)22)10-24-6-4-14(23-3)5-7-24/h8-9,12,14H,4-7,10-11H2,1-2H3. The highest BCUT2D eigenvalue weighted by Gasteiger charge is 2.40. The van der Waals surface area contributed by atoms with Gasteiger partial charge >= 0.3 is 6.18 Å². The molecule has 2 aliphatic rings. The number of fused-ring (bicyclic) bond motifs is 1. The van der Waals surface area contributed by atoms with Gasteiger partial charge in [-0.15, -0.1) is 0 Å². The second-order valence-corrected chi connectivity index (χ2v) is 7.33. The number of rotatable bonds is 3. The molecule has 0 saturated carbocycles. The lowest BCUT2D eigenvalue weighted by Crippen LogP contribution is -2.34. The van der Waals surface area contributed by atoms with Crippen LogP contribution in [-0.2, 0) is 19.3 Å². The van der Waals surface area contributed by atoms with Gasteiger partial charge in [-0.25, -0.2) is 6.57 Å². The molecule has 0 atom stereocenters. The van der Waals surface area contributed by atoms with E-state index in [4.69, 9.17) is 6.57 Å². The van der Waals surface area contributed by atoms with Gasteiger partial charge in [0, 0.05) is 50.6 Å². The molecule has 0 unspecified atom stereocenters. The number of likely N-dealkylation sites (tertiary alicyclic amines) is 1. The largest absolute Gasteiger partial charge is 0.416 e. The molecular formula is C19H22F3N3O. The van der Waals surface area contributed by atoms with Gasteiger partial charge in [-0.3, -0.25) is 9.69 Å². The molecule has 1 amide bonds. The van der Waals surface area contributed by atoms with Crippen molar-refractivity contribution >= 4 is 5.91 Å². The molecule has 26 heavy (non-hydrogen) atoms. The average Bonchev–Trinajstić information content (AvgIpc) is 2.91. The van der Waals surface area contributed by atoms with Gasteiger partial charge in [0.05, 0.1) is 5.56 Å². The minimum absolute atomic E-state index is 0.0113. The molecule has 1 saturated heterocycles. The van der Waals surface area contributed by atoms with E-state index in [-0.39, 0.29) is 35.7 Å². The minimum atomic E-state index is -4.48. The second kappa shape index (κ2) is 6.92. The van der Waals surface area contributed by atoms with E-state index >= 15 is 0 Å². The summed E-state index contributed by atoms with van der Waals surface area (Å²) in [5.74, 6) is -0.325. The van der Waals surface area contributed by atoms with Gasteiger partial charge in [-0.05, 0) is 37.1 Å². The molecule has 2 aliphatic heterocycles. The molecule has 1 aromatic rings. The first-order valence-corrected chi connectivity index (χ1v) is 8.83. The Bertz CT molecular complexity index is 744. The lowest BCUT2D eigenvalue weighted by molar-refractivity contribution is -0.138. The fourth-order valence-corrected chi connectivity index (χ4v) is 3.72. The zero-order valence-corrected chi connectivity index (χ0v) is 14.9. The van der Waals surface area contributed by atoms with Gasteiger partial charge in [0.15, 0.2) is 0 Å². The van der Waals surface area contributed by atoms with Crippen LogP contribution in [-0.4, -0.2) is 40.9 Å². The lowest BCUT2D eigenvalue weighted by Gasteiger charge is -2.27. The number of piperidine rings is 1. The highest BCUT2D eigenvalue weighted by Crippen LogP contribution is 2.39. The van der Waals surface area contributed by atoms with Crippen LogP contribution in [0.4, 0.5) is 13.2 Å². The van der Waals surface area contributed by atoms with Crippen LogP contribution in [0.1, 0.15) is 53.7 Å². The first kappa shape index (κ1) is 18.7. The van der Waals surface area contributed by atoms with E-state index in [9.17, 15) is 18.0 Å². The summed E-state index contributed by atoms with van der Waals surface area (Å²) in [6.07, 6.45) is -3.01. The zero-order chi connectivity index (χ0) is 19.1. The molecule has 0 aliphatic carbocycles. The van der Waals surface area contributed by atoms with E-state index in [0.29, 0.717) is 25.2 Å². The Hall–Kier alpha value is -2.07. The van der Waals surface area contributed by atoms with Crippen LogP contribution < -0.4 is 0 Å². The second-order valence-electron chi connectivity index (χ2n) is 7.33. The van der Waals surface area contributed by atoms with Gasteiger partial charge in [-0.2, -0.15) is 13.2 Å². The fourth-order valence-electron chi connectivity index (χ4n) is 3.72. The van der Waals surface area contributed by atoms with Crippen LogP contribution in [0.15, 0.2) is 12.1 Å². The molecule has 1 aromatic carbocycles.